The van der Waals surface area contributed by atoms with Gasteiger partial charge in [0.05, 0.1) is 11.0 Å². The summed E-state index contributed by atoms with van der Waals surface area (Å²) in [5.74, 6) is -1.99. The highest BCUT2D eigenvalue weighted by atomic mass is 16.4. The average molecular weight is 449 g/mol. The second kappa shape index (κ2) is 7.33. The zero-order chi connectivity index (χ0) is 23.3. The SMILES string of the molecule is O=C(O)Cn1c(=O)n(CC(=O)Nc2ccc3c(c2)CC2(C3)NC(=O)NC2=O)c2ccccc21. The molecule has 1 spiro atoms. The number of nitrogens with one attached hydrogen (secondary N) is 3. The number of nitrogens with zero attached hydrogens (tertiary/aromatic N) is 2. The smallest absolute Gasteiger partial charge is 0.330 e. The zero-order valence-electron chi connectivity index (χ0n) is 17.3. The topological polar surface area (TPSA) is 152 Å². The number of aliphatic carboxylic acids is 1. The third-order valence-corrected chi connectivity index (χ3v) is 6.01. The van der Waals surface area contributed by atoms with Crippen LogP contribution < -0.4 is 21.6 Å². The van der Waals surface area contributed by atoms with Gasteiger partial charge in [-0.05, 0) is 35.4 Å². The minimum absolute atomic E-state index is 0.300. The second-order valence-corrected chi connectivity index (χ2v) is 8.21. The number of carboxylic acid groups (broad SMARTS) is 1. The van der Waals surface area contributed by atoms with Crippen LogP contribution in [0.5, 0.6) is 0 Å². The minimum atomic E-state index is -1.16. The van der Waals surface area contributed by atoms with Crippen LogP contribution in [0.3, 0.4) is 0 Å². The Labute approximate surface area is 186 Å². The van der Waals surface area contributed by atoms with E-state index in [1.807, 2.05) is 0 Å². The van der Waals surface area contributed by atoms with Gasteiger partial charge in [0.15, 0.2) is 0 Å². The van der Waals surface area contributed by atoms with Gasteiger partial charge < -0.3 is 15.7 Å². The van der Waals surface area contributed by atoms with E-state index in [9.17, 15) is 24.0 Å². The summed E-state index contributed by atoms with van der Waals surface area (Å²) in [6.45, 7) is -0.809. The molecule has 2 aliphatic rings. The number of amides is 4. The fraction of sp³-hybridized carbons (Fsp3) is 0.227. The Hall–Kier alpha value is -4.41. The van der Waals surface area contributed by atoms with Crippen molar-refractivity contribution >= 4 is 40.5 Å². The van der Waals surface area contributed by atoms with Crippen molar-refractivity contribution in [3.63, 3.8) is 0 Å². The molecule has 4 N–H and O–H groups in total. The van der Waals surface area contributed by atoms with Crippen molar-refractivity contribution in [1.29, 1.82) is 0 Å². The number of urea groups is 1. The van der Waals surface area contributed by atoms with Crippen LogP contribution in [0.15, 0.2) is 47.3 Å². The summed E-state index contributed by atoms with van der Waals surface area (Å²) in [4.78, 5) is 60.5. The van der Waals surface area contributed by atoms with Crippen LogP contribution in [0, 0.1) is 0 Å². The first kappa shape index (κ1) is 20.5. The van der Waals surface area contributed by atoms with Crippen LogP contribution in [-0.4, -0.2) is 43.6 Å². The monoisotopic (exact) mass is 449 g/mol. The third kappa shape index (κ3) is 3.43. The molecule has 0 saturated carbocycles. The number of carbonyl (C=O) groups is 4. The first-order valence-corrected chi connectivity index (χ1v) is 10.2. The van der Waals surface area contributed by atoms with Crippen molar-refractivity contribution in [2.24, 2.45) is 0 Å². The molecule has 2 heterocycles. The fourth-order valence-electron chi connectivity index (χ4n) is 4.59. The Morgan fingerprint density at radius 2 is 1.64 bits per heavy atom. The molecule has 2 aromatic carbocycles. The van der Waals surface area contributed by atoms with Crippen molar-refractivity contribution in [1.82, 2.24) is 19.8 Å². The number of carboxylic acids is 1. The number of fused-ring (bicyclic) bond motifs is 2. The molecule has 1 aromatic heterocycles. The van der Waals surface area contributed by atoms with Gasteiger partial charge in [0.2, 0.25) is 5.91 Å². The van der Waals surface area contributed by atoms with E-state index in [0.29, 0.717) is 29.6 Å². The Balaban J connectivity index is 1.37. The lowest BCUT2D eigenvalue weighted by molar-refractivity contribution is -0.137. The van der Waals surface area contributed by atoms with Crippen molar-refractivity contribution in [2.75, 3.05) is 5.32 Å². The number of hydrogen-bond donors (Lipinski definition) is 4. The maximum absolute atomic E-state index is 12.8. The summed E-state index contributed by atoms with van der Waals surface area (Å²) >= 11 is 0. The van der Waals surface area contributed by atoms with Gasteiger partial charge in [0.25, 0.3) is 5.91 Å². The quantitative estimate of drug-likeness (QED) is 0.409. The fourth-order valence-corrected chi connectivity index (χ4v) is 4.59. The number of rotatable bonds is 5. The first-order valence-electron chi connectivity index (χ1n) is 10.2. The molecule has 11 heteroatoms. The Kier molecular flexibility index (Phi) is 4.55. The lowest BCUT2D eigenvalue weighted by Gasteiger charge is -2.18. The molecular weight excluding hydrogens is 430 g/mol. The summed E-state index contributed by atoms with van der Waals surface area (Å²) in [6.07, 6.45) is 0.679. The Morgan fingerprint density at radius 3 is 2.27 bits per heavy atom. The van der Waals surface area contributed by atoms with E-state index in [1.165, 1.54) is 4.57 Å². The van der Waals surface area contributed by atoms with E-state index in [2.05, 4.69) is 16.0 Å². The molecular formula is C22H19N5O6. The summed E-state index contributed by atoms with van der Waals surface area (Å²) in [5.41, 5.74) is 1.52. The average Bonchev–Trinajstić information content (AvgIpc) is 3.34. The number of para-hydroxylation sites is 2. The number of benzene rings is 2. The van der Waals surface area contributed by atoms with Crippen LogP contribution >= 0.6 is 0 Å². The van der Waals surface area contributed by atoms with Crippen molar-refractivity contribution < 1.29 is 24.3 Å². The molecule has 3 aromatic rings. The van der Waals surface area contributed by atoms with Crippen LogP contribution in [0.2, 0.25) is 0 Å². The van der Waals surface area contributed by atoms with Gasteiger partial charge in [0.1, 0.15) is 18.6 Å². The van der Waals surface area contributed by atoms with Crippen molar-refractivity contribution in [2.45, 2.75) is 31.5 Å². The molecule has 168 valence electrons. The number of anilines is 1. The van der Waals surface area contributed by atoms with Crippen molar-refractivity contribution in [3.05, 3.63) is 64.1 Å². The lowest BCUT2D eigenvalue weighted by atomic mass is 9.96. The highest BCUT2D eigenvalue weighted by Crippen LogP contribution is 2.33. The highest BCUT2D eigenvalue weighted by Gasteiger charge is 2.49. The number of carbonyl (C=O) groups excluding carboxylic acids is 3. The zero-order valence-corrected chi connectivity index (χ0v) is 17.3. The normalized spacial score (nSPS) is 18.9. The van der Waals surface area contributed by atoms with E-state index in [-0.39, 0.29) is 12.5 Å². The van der Waals surface area contributed by atoms with Crippen LogP contribution in [0.4, 0.5) is 10.5 Å². The van der Waals surface area contributed by atoms with Gasteiger partial charge in [-0.25, -0.2) is 9.59 Å². The standard InChI is InChI=1S/C22H19N5O6/c28-17(10-26-15-3-1-2-4-16(15)27(21(26)33)11-18(29)30)23-14-6-5-12-8-22(9-13(12)7-14)19(31)24-20(32)25-22/h1-7H,8-11H2,(H,23,28)(H,29,30)(H2,24,25,31,32). The number of aromatic nitrogens is 2. The van der Waals surface area contributed by atoms with Gasteiger partial charge in [-0.3, -0.25) is 28.8 Å². The molecule has 0 radical (unpaired) electrons. The third-order valence-electron chi connectivity index (χ3n) is 6.01. The summed E-state index contributed by atoms with van der Waals surface area (Å²) in [7, 11) is 0. The molecule has 1 saturated heterocycles. The molecule has 1 aliphatic carbocycles. The van der Waals surface area contributed by atoms with Gasteiger partial charge in [-0.2, -0.15) is 0 Å². The highest BCUT2D eigenvalue weighted by molar-refractivity contribution is 6.08. The molecule has 33 heavy (non-hydrogen) atoms. The maximum Gasteiger partial charge on any atom is 0.330 e. The molecule has 1 aliphatic heterocycles. The van der Waals surface area contributed by atoms with Gasteiger partial charge in [0, 0.05) is 18.5 Å². The molecule has 5 rings (SSSR count). The van der Waals surface area contributed by atoms with Gasteiger partial charge >= 0.3 is 17.7 Å². The van der Waals surface area contributed by atoms with Gasteiger partial charge in [-0.1, -0.05) is 18.2 Å². The van der Waals surface area contributed by atoms with Crippen LogP contribution in [-0.2, 0) is 40.3 Å². The Morgan fingerprint density at radius 1 is 0.970 bits per heavy atom. The molecule has 11 nitrogen and oxygen atoms in total. The number of imidazole rings is 1. The predicted molar refractivity (Wildman–Crippen MR) is 116 cm³/mol. The number of hydrogen-bond acceptors (Lipinski definition) is 5. The van der Waals surface area contributed by atoms with E-state index in [1.54, 1.807) is 42.5 Å². The second-order valence-electron chi connectivity index (χ2n) is 8.21. The van der Waals surface area contributed by atoms with Crippen LogP contribution in [0.1, 0.15) is 11.1 Å². The Bertz CT molecular complexity index is 1420. The lowest BCUT2D eigenvalue weighted by Crippen LogP contribution is -2.47. The van der Waals surface area contributed by atoms with E-state index >= 15 is 0 Å². The molecule has 1 atom stereocenters. The van der Waals surface area contributed by atoms with Crippen LogP contribution in [0.25, 0.3) is 11.0 Å². The first-order chi connectivity index (χ1) is 15.8. The number of imide groups is 1. The van der Waals surface area contributed by atoms with E-state index in [4.69, 9.17) is 5.11 Å². The van der Waals surface area contributed by atoms with Crippen molar-refractivity contribution in [3.8, 4) is 0 Å². The molecule has 1 unspecified atom stereocenters. The largest absolute Gasteiger partial charge is 0.480 e. The summed E-state index contributed by atoms with van der Waals surface area (Å²) in [6, 6.07) is 11.4. The van der Waals surface area contributed by atoms with Gasteiger partial charge in [-0.15, -0.1) is 0 Å². The summed E-state index contributed by atoms with van der Waals surface area (Å²) < 4.78 is 2.34. The molecule has 4 amide bonds. The molecule has 1 fully saturated rings. The minimum Gasteiger partial charge on any atom is -0.480 e. The van der Waals surface area contributed by atoms with E-state index < -0.39 is 35.7 Å². The maximum atomic E-state index is 12.8. The molecule has 0 bridgehead atoms. The summed E-state index contributed by atoms with van der Waals surface area (Å²) in [5, 5.41) is 16.8. The predicted octanol–water partition coefficient (Wildman–Crippen LogP) is 0.203. The van der Waals surface area contributed by atoms with E-state index in [0.717, 1.165) is 15.7 Å².